The van der Waals surface area contributed by atoms with Crippen molar-refractivity contribution < 1.29 is 4.79 Å². The highest BCUT2D eigenvalue weighted by molar-refractivity contribution is 5.81. The molecule has 0 aromatic carbocycles. The van der Waals surface area contributed by atoms with Crippen LogP contribution < -0.4 is 10.6 Å². The number of carbonyl (C=O) groups excluding carboxylic acids is 1. The highest BCUT2D eigenvalue weighted by atomic mass is 16.2. The number of piperidine rings is 1. The fourth-order valence-electron chi connectivity index (χ4n) is 1.89. The summed E-state index contributed by atoms with van der Waals surface area (Å²) in [4.78, 5) is 15.8. The smallest absolute Gasteiger partial charge is 0.237 e. The number of hydrogen-bond donors (Lipinski definition) is 2. The van der Waals surface area contributed by atoms with Gasteiger partial charge in [-0.3, -0.25) is 9.78 Å². The molecule has 1 aromatic heterocycles. The van der Waals surface area contributed by atoms with Crippen molar-refractivity contribution in [3.05, 3.63) is 30.1 Å². The maximum absolute atomic E-state index is 11.8. The molecule has 0 saturated carbocycles. The lowest BCUT2D eigenvalue weighted by molar-refractivity contribution is -0.123. The Morgan fingerprint density at radius 1 is 1.56 bits per heavy atom. The first kappa shape index (κ1) is 11.1. The van der Waals surface area contributed by atoms with Crippen molar-refractivity contribution in [1.82, 2.24) is 15.6 Å². The molecule has 0 unspecified atom stereocenters. The van der Waals surface area contributed by atoms with Crippen LogP contribution in [0.15, 0.2) is 24.5 Å². The van der Waals surface area contributed by atoms with E-state index in [1.54, 1.807) is 12.4 Å². The Labute approximate surface area is 95.5 Å². The third kappa shape index (κ3) is 3.03. The number of rotatable bonds is 3. The van der Waals surface area contributed by atoms with E-state index >= 15 is 0 Å². The Hall–Kier alpha value is -1.42. The minimum Gasteiger partial charge on any atom is -0.351 e. The molecule has 4 nitrogen and oxygen atoms in total. The first-order valence-electron chi connectivity index (χ1n) is 5.76. The molecule has 2 N–H and O–H groups in total. The molecule has 1 fully saturated rings. The first-order valence-corrected chi connectivity index (χ1v) is 5.76. The predicted octanol–water partition coefficient (Wildman–Crippen LogP) is 0.840. The average Bonchev–Trinajstić information content (AvgIpc) is 2.38. The molecule has 86 valence electrons. The van der Waals surface area contributed by atoms with E-state index in [2.05, 4.69) is 15.6 Å². The van der Waals surface area contributed by atoms with Crippen LogP contribution in [0.3, 0.4) is 0 Å². The van der Waals surface area contributed by atoms with Crippen LogP contribution in [0, 0.1) is 0 Å². The van der Waals surface area contributed by atoms with E-state index in [4.69, 9.17) is 0 Å². The summed E-state index contributed by atoms with van der Waals surface area (Å²) in [7, 11) is 0. The van der Waals surface area contributed by atoms with Crippen molar-refractivity contribution in [3.63, 3.8) is 0 Å². The van der Waals surface area contributed by atoms with Gasteiger partial charge >= 0.3 is 0 Å². The number of aromatic nitrogens is 1. The number of pyridine rings is 1. The summed E-state index contributed by atoms with van der Waals surface area (Å²) < 4.78 is 0. The van der Waals surface area contributed by atoms with Crippen molar-refractivity contribution in [2.75, 3.05) is 6.54 Å². The minimum absolute atomic E-state index is 0.00887. The first-order chi connectivity index (χ1) is 7.86. The van der Waals surface area contributed by atoms with Gasteiger partial charge < -0.3 is 10.6 Å². The molecule has 0 bridgehead atoms. The van der Waals surface area contributed by atoms with Crippen molar-refractivity contribution in [2.24, 2.45) is 0 Å². The zero-order chi connectivity index (χ0) is 11.2. The number of nitrogens with zero attached hydrogens (tertiary/aromatic N) is 1. The highest BCUT2D eigenvalue weighted by Gasteiger charge is 2.19. The zero-order valence-corrected chi connectivity index (χ0v) is 9.28. The summed E-state index contributed by atoms with van der Waals surface area (Å²) in [5.41, 5.74) is 1.03. The summed E-state index contributed by atoms with van der Waals surface area (Å²) in [6.07, 6.45) is 6.76. The van der Waals surface area contributed by atoms with E-state index in [-0.39, 0.29) is 11.9 Å². The van der Waals surface area contributed by atoms with Crippen LogP contribution in [-0.4, -0.2) is 23.5 Å². The van der Waals surface area contributed by atoms with Gasteiger partial charge in [-0.2, -0.15) is 0 Å². The topological polar surface area (TPSA) is 54.0 Å². The molecular formula is C12H17N3O. The van der Waals surface area contributed by atoms with Crippen LogP contribution >= 0.6 is 0 Å². The van der Waals surface area contributed by atoms with Gasteiger partial charge in [0.25, 0.3) is 0 Å². The van der Waals surface area contributed by atoms with Gasteiger partial charge in [0.15, 0.2) is 0 Å². The van der Waals surface area contributed by atoms with Gasteiger partial charge in [0.1, 0.15) is 0 Å². The Morgan fingerprint density at radius 3 is 3.19 bits per heavy atom. The Kier molecular flexibility index (Phi) is 3.88. The molecule has 1 aliphatic rings. The fraction of sp³-hybridized carbons (Fsp3) is 0.500. The summed E-state index contributed by atoms with van der Waals surface area (Å²) in [5.74, 6) is 0.101. The van der Waals surface area contributed by atoms with Crippen molar-refractivity contribution in [3.8, 4) is 0 Å². The van der Waals surface area contributed by atoms with Crippen molar-refractivity contribution in [1.29, 1.82) is 0 Å². The summed E-state index contributed by atoms with van der Waals surface area (Å²) in [6, 6.07) is 3.83. The van der Waals surface area contributed by atoms with E-state index in [9.17, 15) is 4.79 Å². The van der Waals surface area contributed by atoms with E-state index in [0.29, 0.717) is 6.54 Å². The molecule has 1 saturated heterocycles. The van der Waals surface area contributed by atoms with E-state index in [1.807, 2.05) is 12.1 Å². The summed E-state index contributed by atoms with van der Waals surface area (Å²) >= 11 is 0. The van der Waals surface area contributed by atoms with Crippen LogP contribution in [0.5, 0.6) is 0 Å². The Bertz CT molecular complexity index is 333. The number of hydrogen-bond acceptors (Lipinski definition) is 3. The van der Waals surface area contributed by atoms with E-state index in [1.165, 1.54) is 6.42 Å². The second kappa shape index (κ2) is 5.61. The molecule has 1 amide bonds. The van der Waals surface area contributed by atoms with Gasteiger partial charge in [-0.1, -0.05) is 12.5 Å². The molecular weight excluding hydrogens is 202 g/mol. The van der Waals surface area contributed by atoms with Gasteiger partial charge in [0, 0.05) is 18.9 Å². The lowest BCUT2D eigenvalue weighted by Gasteiger charge is -2.22. The van der Waals surface area contributed by atoms with Crippen LogP contribution in [0.2, 0.25) is 0 Å². The van der Waals surface area contributed by atoms with Gasteiger partial charge in [0.05, 0.1) is 6.04 Å². The molecule has 1 atom stereocenters. The second-order valence-electron chi connectivity index (χ2n) is 4.08. The summed E-state index contributed by atoms with van der Waals surface area (Å²) in [5, 5.41) is 6.15. The lowest BCUT2D eigenvalue weighted by atomic mass is 10.0. The zero-order valence-electron chi connectivity index (χ0n) is 9.28. The summed E-state index contributed by atoms with van der Waals surface area (Å²) in [6.45, 7) is 1.51. The van der Waals surface area contributed by atoms with E-state index in [0.717, 1.165) is 24.9 Å². The maximum Gasteiger partial charge on any atom is 0.237 e. The van der Waals surface area contributed by atoms with Crippen molar-refractivity contribution >= 4 is 5.91 Å². The minimum atomic E-state index is -0.00887. The largest absolute Gasteiger partial charge is 0.351 e. The molecule has 0 aliphatic carbocycles. The second-order valence-corrected chi connectivity index (χ2v) is 4.08. The van der Waals surface area contributed by atoms with Crippen molar-refractivity contribution in [2.45, 2.75) is 31.8 Å². The van der Waals surface area contributed by atoms with Gasteiger partial charge in [0.2, 0.25) is 5.91 Å². The number of nitrogens with one attached hydrogen (secondary N) is 2. The molecule has 2 heterocycles. The van der Waals surface area contributed by atoms with E-state index < -0.39 is 0 Å². The van der Waals surface area contributed by atoms with Gasteiger partial charge in [-0.25, -0.2) is 0 Å². The quantitative estimate of drug-likeness (QED) is 0.792. The third-order valence-electron chi connectivity index (χ3n) is 2.82. The SMILES string of the molecule is O=C(NCc1cccnc1)[C@H]1CCCCN1. The lowest BCUT2D eigenvalue weighted by Crippen LogP contribution is -2.46. The van der Waals surface area contributed by atoms with Crippen LogP contribution in [0.25, 0.3) is 0 Å². The molecule has 2 rings (SSSR count). The number of amides is 1. The van der Waals surface area contributed by atoms with Crippen LogP contribution in [-0.2, 0) is 11.3 Å². The van der Waals surface area contributed by atoms with Crippen LogP contribution in [0.1, 0.15) is 24.8 Å². The molecule has 1 aromatic rings. The van der Waals surface area contributed by atoms with Crippen LogP contribution in [0.4, 0.5) is 0 Å². The Morgan fingerprint density at radius 2 is 2.50 bits per heavy atom. The standard InChI is InChI=1S/C12H17N3O/c16-12(11-5-1-2-7-14-11)15-9-10-4-3-6-13-8-10/h3-4,6,8,11,14H,1-2,5,7,9H2,(H,15,16)/t11-/m1/s1. The molecule has 4 heteroatoms. The van der Waals surface area contributed by atoms with Gasteiger partial charge in [-0.15, -0.1) is 0 Å². The third-order valence-corrected chi connectivity index (χ3v) is 2.82. The molecule has 0 radical (unpaired) electrons. The predicted molar refractivity (Wildman–Crippen MR) is 61.7 cm³/mol. The fourth-order valence-corrected chi connectivity index (χ4v) is 1.89. The average molecular weight is 219 g/mol. The monoisotopic (exact) mass is 219 g/mol. The molecule has 1 aliphatic heterocycles. The highest BCUT2D eigenvalue weighted by Crippen LogP contribution is 2.07. The van der Waals surface area contributed by atoms with Gasteiger partial charge in [-0.05, 0) is 31.0 Å². The normalized spacial score (nSPS) is 20.4. The molecule has 16 heavy (non-hydrogen) atoms. The number of carbonyl (C=O) groups is 1. The molecule has 0 spiro atoms. The maximum atomic E-state index is 11.8. The Balaban J connectivity index is 1.79.